The van der Waals surface area contributed by atoms with E-state index in [1.807, 2.05) is 0 Å². The molecule has 1 unspecified atom stereocenters. The van der Waals surface area contributed by atoms with Gasteiger partial charge in [0.25, 0.3) is 0 Å². The predicted octanol–water partition coefficient (Wildman–Crippen LogP) is 1.95. The number of nitrogens with one attached hydrogen (secondary N) is 1. The lowest BCUT2D eigenvalue weighted by molar-refractivity contribution is -0.122. The van der Waals surface area contributed by atoms with E-state index in [2.05, 4.69) is 5.32 Å². The van der Waals surface area contributed by atoms with Crippen molar-refractivity contribution in [2.45, 2.75) is 11.3 Å². The smallest absolute Gasteiger partial charge is 0.244 e. The molecule has 0 bridgehead atoms. The largest absolute Gasteiger partial charge is 0.493 e. The van der Waals surface area contributed by atoms with Crippen molar-refractivity contribution in [1.82, 2.24) is 4.31 Å². The number of carbonyl (C=O) groups is 2. The molecule has 1 fully saturated rings. The number of methoxy groups -OCH3 is 3. The fraction of sp³-hybridized carbons (Fsp3) is 0.364. The Labute approximate surface area is 193 Å². The van der Waals surface area contributed by atoms with Gasteiger partial charge in [0.2, 0.25) is 27.6 Å². The Morgan fingerprint density at radius 1 is 1.06 bits per heavy atom. The number of nitrogens with zero attached hydrogens (tertiary/aromatic N) is 2. The molecule has 0 aromatic heterocycles. The summed E-state index contributed by atoms with van der Waals surface area (Å²) in [5, 5.41) is 2.68. The lowest BCUT2D eigenvalue weighted by atomic mass is 10.1. The van der Waals surface area contributed by atoms with Gasteiger partial charge in [0.15, 0.2) is 11.5 Å². The molecule has 0 radical (unpaired) electrons. The molecule has 1 aliphatic heterocycles. The number of anilines is 2. The van der Waals surface area contributed by atoms with Gasteiger partial charge < -0.3 is 24.4 Å². The van der Waals surface area contributed by atoms with Crippen LogP contribution in [0.1, 0.15) is 6.42 Å². The third kappa shape index (κ3) is 4.74. The van der Waals surface area contributed by atoms with E-state index >= 15 is 0 Å². The highest BCUT2D eigenvalue weighted by Gasteiger charge is 2.36. The quantitative estimate of drug-likeness (QED) is 0.618. The predicted molar refractivity (Wildman–Crippen MR) is 123 cm³/mol. The van der Waals surface area contributed by atoms with Crippen LogP contribution in [0.2, 0.25) is 0 Å². The van der Waals surface area contributed by atoms with Gasteiger partial charge in [0.05, 0.1) is 38.6 Å². The van der Waals surface area contributed by atoms with Crippen LogP contribution in [-0.4, -0.2) is 66.5 Å². The molecular weight excluding hydrogens is 450 g/mol. The zero-order valence-electron chi connectivity index (χ0n) is 19.1. The molecule has 1 aliphatic rings. The van der Waals surface area contributed by atoms with Crippen molar-refractivity contribution in [2.75, 3.05) is 52.2 Å². The molecule has 0 aliphatic carbocycles. The number of ether oxygens (including phenoxy) is 3. The lowest BCUT2D eigenvalue weighted by Crippen LogP contribution is -2.29. The van der Waals surface area contributed by atoms with Crippen LogP contribution >= 0.6 is 0 Å². The maximum absolute atomic E-state index is 13.0. The Morgan fingerprint density at radius 2 is 1.67 bits per heavy atom. The van der Waals surface area contributed by atoms with Gasteiger partial charge in [-0.3, -0.25) is 9.59 Å². The summed E-state index contributed by atoms with van der Waals surface area (Å²) in [5.41, 5.74) is 0.662. The fourth-order valence-corrected chi connectivity index (χ4v) is 4.62. The summed E-state index contributed by atoms with van der Waals surface area (Å²) in [7, 11) is 3.50. The molecule has 2 aromatic rings. The molecule has 1 saturated heterocycles. The number of benzene rings is 2. The first-order valence-corrected chi connectivity index (χ1v) is 11.5. The fourth-order valence-electron chi connectivity index (χ4n) is 3.58. The number of hydrogen-bond donors (Lipinski definition) is 1. The van der Waals surface area contributed by atoms with Crippen LogP contribution < -0.4 is 24.4 Å². The first-order chi connectivity index (χ1) is 15.6. The van der Waals surface area contributed by atoms with Gasteiger partial charge in [0.1, 0.15) is 4.90 Å². The van der Waals surface area contributed by atoms with Crippen LogP contribution in [-0.2, 0) is 19.6 Å². The Hall–Kier alpha value is -3.31. The molecule has 10 nitrogen and oxygen atoms in total. The molecule has 178 valence electrons. The van der Waals surface area contributed by atoms with Gasteiger partial charge in [-0.15, -0.1) is 0 Å². The van der Waals surface area contributed by atoms with Gasteiger partial charge >= 0.3 is 0 Å². The number of carbonyl (C=O) groups excluding carboxylic acids is 2. The third-order valence-corrected chi connectivity index (χ3v) is 7.23. The molecule has 33 heavy (non-hydrogen) atoms. The number of rotatable bonds is 8. The monoisotopic (exact) mass is 477 g/mol. The molecular formula is C22H27N3O7S. The van der Waals surface area contributed by atoms with E-state index in [1.54, 1.807) is 24.3 Å². The molecule has 2 amide bonds. The summed E-state index contributed by atoms with van der Waals surface area (Å²) in [4.78, 5) is 27.2. The van der Waals surface area contributed by atoms with Crippen LogP contribution in [0.4, 0.5) is 11.4 Å². The zero-order valence-corrected chi connectivity index (χ0v) is 19.9. The highest BCUT2D eigenvalue weighted by atomic mass is 32.2. The third-order valence-electron chi connectivity index (χ3n) is 5.36. The van der Waals surface area contributed by atoms with Crippen LogP contribution in [0.15, 0.2) is 41.3 Å². The second-order valence-electron chi connectivity index (χ2n) is 7.56. The standard InChI is InChI=1S/C22H27N3O7S/c1-24(2)33(28,29)19-9-7-6-8-16(19)23-22(27)14-10-20(26)25(13-14)15-11-17(30-3)21(32-5)18(12-15)31-4/h6-9,11-12,14H,10,13H2,1-5H3,(H,23,27). The number of para-hydroxylation sites is 1. The number of sulfonamides is 1. The number of amides is 2. The second kappa shape index (κ2) is 9.67. The van der Waals surface area contributed by atoms with Crippen molar-refractivity contribution >= 4 is 33.2 Å². The lowest BCUT2D eigenvalue weighted by Gasteiger charge is -2.20. The molecule has 1 atom stereocenters. The van der Waals surface area contributed by atoms with E-state index in [0.717, 1.165) is 4.31 Å². The topological polar surface area (TPSA) is 114 Å². The molecule has 1 heterocycles. The van der Waals surface area contributed by atoms with E-state index in [1.165, 1.54) is 52.5 Å². The van der Waals surface area contributed by atoms with Gasteiger partial charge in [-0.05, 0) is 12.1 Å². The van der Waals surface area contributed by atoms with E-state index in [9.17, 15) is 18.0 Å². The average molecular weight is 478 g/mol. The molecule has 11 heteroatoms. The first kappa shape index (κ1) is 24.3. The summed E-state index contributed by atoms with van der Waals surface area (Å²) < 4.78 is 42.3. The van der Waals surface area contributed by atoms with Crippen molar-refractivity contribution in [3.63, 3.8) is 0 Å². The Morgan fingerprint density at radius 3 is 2.21 bits per heavy atom. The zero-order chi connectivity index (χ0) is 24.3. The van der Waals surface area contributed by atoms with Crippen molar-refractivity contribution in [2.24, 2.45) is 5.92 Å². The van der Waals surface area contributed by atoms with E-state index in [4.69, 9.17) is 14.2 Å². The average Bonchev–Trinajstić information content (AvgIpc) is 3.19. The summed E-state index contributed by atoms with van der Waals surface area (Å²) in [6.45, 7) is 0.117. The molecule has 3 rings (SSSR count). The maximum atomic E-state index is 13.0. The van der Waals surface area contributed by atoms with E-state index in [-0.39, 0.29) is 29.5 Å². The molecule has 0 saturated carbocycles. The minimum Gasteiger partial charge on any atom is -0.493 e. The Kier molecular flexibility index (Phi) is 7.13. The molecule has 2 aromatic carbocycles. The van der Waals surface area contributed by atoms with Crippen LogP contribution in [0.25, 0.3) is 0 Å². The summed E-state index contributed by atoms with van der Waals surface area (Å²) in [6.07, 6.45) is -0.0227. The van der Waals surface area contributed by atoms with Crippen molar-refractivity contribution in [3.8, 4) is 17.2 Å². The second-order valence-corrected chi connectivity index (χ2v) is 9.68. The normalized spacial score (nSPS) is 16.1. The summed E-state index contributed by atoms with van der Waals surface area (Å²) in [5.74, 6) is -0.209. The van der Waals surface area contributed by atoms with Crippen molar-refractivity contribution in [1.29, 1.82) is 0 Å². The Balaban J connectivity index is 1.84. The van der Waals surface area contributed by atoms with Gasteiger partial charge in [0, 0.05) is 39.2 Å². The van der Waals surface area contributed by atoms with Gasteiger partial charge in [-0.1, -0.05) is 12.1 Å². The highest BCUT2D eigenvalue weighted by Crippen LogP contribution is 2.42. The number of hydrogen-bond acceptors (Lipinski definition) is 7. The van der Waals surface area contributed by atoms with E-state index < -0.39 is 21.8 Å². The van der Waals surface area contributed by atoms with Crippen LogP contribution in [0.3, 0.4) is 0 Å². The SMILES string of the molecule is COc1cc(N2CC(C(=O)Nc3ccccc3S(=O)(=O)N(C)C)CC2=O)cc(OC)c1OC. The maximum Gasteiger partial charge on any atom is 0.244 e. The summed E-state index contributed by atoms with van der Waals surface area (Å²) in [6, 6.07) is 9.43. The molecule has 1 N–H and O–H groups in total. The van der Waals surface area contributed by atoms with Gasteiger partial charge in [-0.2, -0.15) is 0 Å². The van der Waals surface area contributed by atoms with E-state index in [0.29, 0.717) is 22.9 Å². The van der Waals surface area contributed by atoms with Crippen LogP contribution in [0.5, 0.6) is 17.2 Å². The van der Waals surface area contributed by atoms with Crippen molar-refractivity contribution < 1.29 is 32.2 Å². The molecule has 0 spiro atoms. The summed E-state index contributed by atoms with van der Waals surface area (Å²) >= 11 is 0. The first-order valence-electron chi connectivity index (χ1n) is 10.1. The van der Waals surface area contributed by atoms with Crippen LogP contribution in [0, 0.1) is 5.92 Å². The highest BCUT2D eigenvalue weighted by molar-refractivity contribution is 7.89. The van der Waals surface area contributed by atoms with Gasteiger partial charge in [-0.25, -0.2) is 12.7 Å². The van der Waals surface area contributed by atoms with Crippen molar-refractivity contribution in [3.05, 3.63) is 36.4 Å². The minimum atomic E-state index is -3.76. The Bertz CT molecular complexity index is 1140. The minimum absolute atomic E-state index is 0.0193.